The molecule has 0 aromatic heterocycles. The number of nitrogens with one attached hydrogen (secondary N) is 1. The molecule has 0 aliphatic carbocycles. The van der Waals surface area contributed by atoms with Crippen LogP contribution in [0.3, 0.4) is 0 Å². The van der Waals surface area contributed by atoms with Gasteiger partial charge in [0.05, 0.1) is 24.3 Å². The summed E-state index contributed by atoms with van der Waals surface area (Å²) in [5.74, 6) is 0.168. The van der Waals surface area contributed by atoms with Gasteiger partial charge in [-0.3, -0.25) is 14.4 Å². The van der Waals surface area contributed by atoms with E-state index in [1.807, 2.05) is 35.2 Å². The number of thioether (sulfide) groups is 1. The van der Waals surface area contributed by atoms with Crippen LogP contribution in [0.1, 0.15) is 22.3 Å². The van der Waals surface area contributed by atoms with Gasteiger partial charge in [0.2, 0.25) is 11.8 Å². The minimum absolute atomic E-state index is 0.0251. The molecular weight excluding hydrogens is 450 g/mol. The van der Waals surface area contributed by atoms with Crippen LogP contribution in [0.15, 0.2) is 77.7 Å². The van der Waals surface area contributed by atoms with E-state index in [0.717, 1.165) is 17.0 Å². The fourth-order valence-electron chi connectivity index (χ4n) is 3.70. The molecule has 3 amide bonds. The summed E-state index contributed by atoms with van der Waals surface area (Å²) in [6.45, 7) is 0.885. The molecule has 0 bridgehead atoms. The number of carbonyl (C=O) groups excluding carboxylic acids is 3. The van der Waals surface area contributed by atoms with Crippen LogP contribution in [0.4, 0.5) is 11.4 Å². The van der Waals surface area contributed by atoms with E-state index >= 15 is 0 Å². The van der Waals surface area contributed by atoms with Crippen LogP contribution in [0, 0.1) is 0 Å². The summed E-state index contributed by atoms with van der Waals surface area (Å²) in [7, 11) is 0. The molecule has 3 N–H and O–H groups in total. The second-order valence-electron chi connectivity index (χ2n) is 7.75. The summed E-state index contributed by atoms with van der Waals surface area (Å²) in [5, 5.41) is 2.88. The van der Waals surface area contributed by atoms with Crippen LogP contribution in [-0.2, 0) is 16.0 Å². The Labute approximate surface area is 202 Å². The third-order valence-electron chi connectivity index (χ3n) is 5.40. The molecule has 1 aliphatic heterocycles. The molecule has 0 saturated carbocycles. The van der Waals surface area contributed by atoms with E-state index in [1.54, 1.807) is 36.4 Å². The van der Waals surface area contributed by atoms with Crippen molar-refractivity contribution in [1.82, 2.24) is 0 Å². The van der Waals surface area contributed by atoms with Crippen molar-refractivity contribution in [3.05, 3.63) is 83.9 Å². The number of anilines is 2. The van der Waals surface area contributed by atoms with Crippen molar-refractivity contribution >= 4 is 40.9 Å². The van der Waals surface area contributed by atoms with Gasteiger partial charge in [-0.15, -0.1) is 11.8 Å². The van der Waals surface area contributed by atoms with Crippen molar-refractivity contribution in [1.29, 1.82) is 0 Å². The van der Waals surface area contributed by atoms with Gasteiger partial charge in [0.25, 0.3) is 5.91 Å². The number of primary amides is 1. The van der Waals surface area contributed by atoms with Gasteiger partial charge in [-0.1, -0.05) is 30.3 Å². The highest BCUT2D eigenvalue weighted by molar-refractivity contribution is 8.00. The smallest absolute Gasteiger partial charge is 0.256 e. The molecule has 8 heteroatoms. The lowest BCUT2D eigenvalue weighted by Crippen LogP contribution is -2.30. The Balaban J connectivity index is 1.36. The largest absolute Gasteiger partial charge is 0.493 e. The molecule has 7 nitrogen and oxygen atoms in total. The van der Waals surface area contributed by atoms with E-state index in [1.165, 1.54) is 17.3 Å². The van der Waals surface area contributed by atoms with E-state index in [2.05, 4.69) is 11.4 Å². The number of carbonyl (C=O) groups is 3. The zero-order valence-corrected chi connectivity index (χ0v) is 19.3. The molecular formula is C26H25N3O4S. The Hall–Kier alpha value is -3.78. The Bertz CT molecular complexity index is 1200. The average Bonchev–Trinajstić information content (AvgIpc) is 3.28. The van der Waals surface area contributed by atoms with E-state index in [9.17, 15) is 14.4 Å². The molecule has 0 fully saturated rings. The second kappa shape index (κ2) is 10.9. The van der Waals surface area contributed by atoms with Gasteiger partial charge in [0.15, 0.2) is 0 Å². The molecule has 0 spiro atoms. The van der Waals surface area contributed by atoms with Crippen molar-refractivity contribution in [2.45, 2.75) is 17.7 Å². The topological polar surface area (TPSA) is 102 Å². The number of benzene rings is 3. The highest BCUT2D eigenvalue weighted by Crippen LogP contribution is 2.30. The number of amides is 3. The molecule has 4 rings (SSSR count). The van der Waals surface area contributed by atoms with E-state index in [-0.39, 0.29) is 30.6 Å². The van der Waals surface area contributed by atoms with Crippen molar-refractivity contribution in [3.8, 4) is 5.75 Å². The van der Waals surface area contributed by atoms with Crippen molar-refractivity contribution in [3.63, 3.8) is 0 Å². The normalized spacial score (nSPS) is 12.2. The minimum Gasteiger partial charge on any atom is -0.493 e. The predicted octanol–water partition coefficient (Wildman–Crippen LogP) is 3.87. The van der Waals surface area contributed by atoms with E-state index in [0.29, 0.717) is 23.5 Å². The minimum atomic E-state index is -0.424. The lowest BCUT2D eigenvalue weighted by molar-refractivity contribution is -0.118. The molecule has 34 heavy (non-hydrogen) atoms. The standard InChI is InChI=1S/C26H25N3O4S/c27-24(30)14-16-33-20-11-9-19(10-12-20)28-26(32)21-6-2-4-8-23(21)34-17-25(31)29-15-13-18-5-1-3-7-22(18)29/h1-12H,13-17H2,(H2,27,30)(H,28,32). The van der Waals surface area contributed by atoms with Gasteiger partial charge in [-0.2, -0.15) is 0 Å². The third kappa shape index (κ3) is 5.77. The Kier molecular flexibility index (Phi) is 7.49. The number of hydrogen-bond acceptors (Lipinski definition) is 5. The van der Waals surface area contributed by atoms with Crippen LogP contribution in [-0.4, -0.2) is 36.6 Å². The SMILES string of the molecule is NC(=O)CCOc1ccc(NC(=O)c2ccccc2SCC(=O)N2CCc3ccccc32)cc1. The number of hydrogen-bond donors (Lipinski definition) is 2. The first-order valence-corrected chi connectivity index (χ1v) is 11.9. The van der Waals surface area contributed by atoms with E-state index in [4.69, 9.17) is 10.5 Å². The molecule has 3 aromatic carbocycles. The molecule has 0 atom stereocenters. The zero-order valence-electron chi connectivity index (χ0n) is 18.5. The van der Waals surface area contributed by atoms with Crippen LogP contribution in [0.25, 0.3) is 0 Å². The van der Waals surface area contributed by atoms with Crippen molar-refractivity contribution in [2.24, 2.45) is 5.73 Å². The first kappa shape index (κ1) is 23.4. The Morgan fingerprint density at radius 2 is 1.71 bits per heavy atom. The zero-order chi connectivity index (χ0) is 23.9. The summed E-state index contributed by atoms with van der Waals surface area (Å²) in [4.78, 5) is 39.2. The molecule has 0 unspecified atom stereocenters. The Morgan fingerprint density at radius 3 is 2.50 bits per heavy atom. The van der Waals surface area contributed by atoms with E-state index < -0.39 is 5.91 Å². The highest BCUT2D eigenvalue weighted by atomic mass is 32.2. The van der Waals surface area contributed by atoms with Gasteiger partial charge >= 0.3 is 0 Å². The van der Waals surface area contributed by atoms with Crippen LogP contribution in [0.5, 0.6) is 5.75 Å². The van der Waals surface area contributed by atoms with Crippen molar-refractivity contribution < 1.29 is 19.1 Å². The van der Waals surface area contributed by atoms with Gasteiger partial charge in [0.1, 0.15) is 5.75 Å². The molecule has 1 heterocycles. The maximum Gasteiger partial charge on any atom is 0.256 e. The Morgan fingerprint density at radius 1 is 0.971 bits per heavy atom. The van der Waals surface area contributed by atoms with Gasteiger partial charge < -0.3 is 20.7 Å². The molecule has 3 aromatic rings. The molecule has 0 saturated heterocycles. The number of rotatable bonds is 9. The van der Waals surface area contributed by atoms with Crippen LogP contribution < -0.4 is 20.7 Å². The second-order valence-corrected chi connectivity index (χ2v) is 8.77. The number of nitrogens with two attached hydrogens (primary N) is 1. The lowest BCUT2D eigenvalue weighted by Gasteiger charge is -2.17. The van der Waals surface area contributed by atoms with Crippen LogP contribution >= 0.6 is 11.8 Å². The number of fused-ring (bicyclic) bond motifs is 1. The number of nitrogens with zero attached hydrogens (tertiary/aromatic N) is 1. The molecule has 174 valence electrons. The van der Waals surface area contributed by atoms with Gasteiger partial charge in [-0.25, -0.2) is 0 Å². The monoisotopic (exact) mass is 475 g/mol. The molecule has 1 aliphatic rings. The molecule has 0 radical (unpaired) electrons. The predicted molar refractivity (Wildman–Crippen MR) is 133 cm³/mol. The average molecular weight is 476 g/mol. The summed E-state index contributed by atoms with van der Waals surface area (Å²) < 4.78 is 5.45. The summed E-state index contributed by atoms with van der Waals surface area (Å²) >= 11 is 1.36. The van der Waals surface area contributed by atoms with Gasteiger partial charge in [0, 0.05) is 22.8 Å². The maximum atomic E-state index is 12.9. The first-order valence-electron chi connectivity index (χ1n) is 10.9. The highest BCUT2D eigenvalue weighted by Gasteiger charge is 2.24. The number of ether oxygens (including phenoxy) is 1. The van der Waals surface area contributed by atoms with Crippen molar-refractivity contribution in [2.75, 3.05) is 29.1 Å². The summed E-state index contributed by atoms with van der Waals surface area (Å²) in [6.07, 6.45) is 1.00. The number of para-hydroxylation sites is 1. The fourth-order valence-corrected chi connectivity index (χ4v) is 4.62. The summed E-state index contributed by atoms with van der Waals surface area (Å²) in [6, 6.07) is 22.1. The maximum absolute atomic E-state index is 12.9. The van der Waals surface area contributed by atoms with Gasteiger partial charge in [-0.05, 0) is 54.4 Å². The lowest BCUT2D eigenvalue weighted by atomic mass is 10.2. The fraction of sp³-hybridized carbons (Fsp3) is 0.192. The quantitative estimate of drug-likeness (QED) is 0.458. The first-order chi connectivity index (χ1) is 16.5. The van der Waals surface area contributed by atoms with Crippen LogP contribution in [0.2, 0.25) is 0 Å². The summed E-state index contributed by atoms with van der Waals surface area (Å²) in [5.41, 5.74) is 8.37. The third-order valence-corrected chi connectivity index (χ3v) is 6.46.